The highest BCUT2D eigenvalue weighted by molar-refractivity contribution is 7.70. The van der Waals surface area contributed by atoms with Crippen molar-refractivity contribution < 1.29 is 13.2 Å². The minimum absolute atomic E-state index is 0.00305. The Hall–Kier alpha value is -0.620. The lowest BCUT2D eigenvalue weighted by atomic mass is 9.86. The lowest BCUT2D eigenvalue weighted by molar-refractivity contribution is -0.122. The third-order valence-electron chi connectivity index (χ3n) is 2.42. The number of rotatable bonds is 3. The highest BCUT2D eigenvalue weighted by Gasteiger charge is 2.24. The van der Waals surface area contributed by atoms with Crippen molar-refractivity contribution in [3.63, 3.8) is 0 Å². The Morgan fingerprint density at radius 1 is 1.23 bits per heavy atom. The zero-order chi connectivity index (χ0) is 9.84. The fraction of sp³-hybridized carbons (Fsp3) is 0.857. The van der Waals surface area contributed by atoms with Crippen LogP contribution >= 0.6 is 0 Å². The zero-order valence-corrected chi connectivity index (χ0v) is 8.13. The fourth-order valence-electron chi connectivity index (χ4n) is 1.66. The van der Waals surface area contributed by atoms with Gasteiger partial charge in [0, 0.05) is 12.0 Å². The molecule has 0 aromatic heterocycles. The second-order valence-corrected chi connectivity index (χ2v) is 4.11. The third kappa shape index (κ3) is 3.31. The molecule has 5 nitrogen and oxygen atoms in total. The lowest BCUT2D eigenvalue weighted by Gasteiger charge is -2.25. The van der Waals surface area contributed by atoms with Gasteiger partial charge in [0.05, 0.1) is 0 Å². The van der Waals surface area contributed by atoms with Crippen LogP contribution in [0.1, 0.15) is 25.7 Å². The molecule has 3 N–H and O–H groups in total. The van der Waals surface area contributed by atoms with Gasteiger partial charge in [-0.15, -0.1) is 0 Å². The van der Waals surface area contributed by atoms with Gasteiger partial charge in [0.15, 0.2) is 0 Å². The minimum Gasteiger partial charge on any atom is -0.369 e. The van der Waals surface area contributed by atoms with Crippen LogP contribution in [0.2, 0.25) is 0 Å². The van der Waals surface area contributed by atoms with Gasteiger partial charge >= 0.3 is 0 Å². The Morgan fingerprint density at radius 3 is 2.15 bits per heavy atom. The van der Waals surface area contributed by atoms with E-state index in [-0.39, 0.29) is 17.9 Å². The van der Waals surface area contributed by atoms with Crippen LogP contribution in [0.4, 0.5) is 0 Å². The Morgan fingerprint density at radius 2 is 1.77 bits per heavy atom. The molecule has 76 valence electrons. The van der Waals surface area contributed by atoms with E-state index in [1.807, 2.05) is 0 Å². The first kappa shape index (κ1) is 10.5. The van der Waals surface area contributed by atoms with Crippen molar-refractivity contribution in [2.24, 2.45) is 11.7 Å². The summed E-state index contributed by atoms with van der Waals surface area (Å²) in [5.74, 6) is -0.340. The van der Waals surface area contributed by atoms with Gasteiger partial charge in [-0.2, -0.15) is 0 Å². The van der Waals surface area contributed by atoms with E-state index in [4.69, 9.17) is 5.73 Å². The van der Waals surface area contributed by atoms with Crippen molar-refractivity contribution in [2.75, 3.05) is 0 Å². The van der Waals surface area contributed by atoms with Gasteiger partial charge < -0.3 is 5.73 Å². The van der Waals surface area contributed by atoms with E-state index in [9.17, 15) is 13.2 Å². The Bertz CT molecular complexity index is 248. The SMILES string of the molecule is NC(=O)[C@H]1CC[C@H](N[SH](=O)=O)CC1. The van der Waals surface area contributed by atoms with Crippen LogP contribution in [0.15, 0.2) is 0 Å². The number of amides is 1. The molecule has 0 aliphatic heterocycles. The minimum atomic E-state index is -2.52. The molecule has 0 radical (unpaired) electrons. The predicted octanol–water partition coefficient (Wildman–Crippen LogP) is -0.854. The highest BCUT2D eigenvalue weighted by Crippen LogP contribution is 2.23. The number of hydrogen-bond donors (Lipinski definition) is 3. The van der Waals surface area contributed by atoms with E-state index in [0.717, 1.165) is 0 Å². The summed E-state index contributed by atoms with van der Waals surface area (Å²) in [6.45, 7) is 0. The lowest BCUT2D eigenvalue weighted by Crippen LogP contribution is -2.35. The Balaban J connectivity index is 2.34. The van der Waals surface area contributed by atoms with E-state index in [2.05, 4.69) is 4.72 Å². The molecule has 13 heavy (non-hydrogen) atoms. The second-order valence-electron chi connectivity index (χ2n) is 3.34. The van der Waals surface area contributed by atoms with Gasteiger partial charge in [0.1, 0.15) is 0 Å². The van der Waals surface area contributed by atoms with Gasteiger partial charge in [-0.05, 0) is 25.7 Å². The summed E-state index contributed by atoms with van der Waals surface area (Å²) in [6, 6.07) is -0.00305. The molecule has 0 aromatic rings. The number of nitrogens with one attached hydrogen (secondary N) is 1. The molecule has 1 aliphatic rings. The monoisotopic (exact) mass is 206 g/mol. The highest BCUT2D eigenvalue weighted by atomic mass is 32.2. The van der Waals surface area contributed by atoms with Crippen LogP contribution < -0.4 is 10.5 Å². The first-order chi connectivity index (χ1) is 6.09. The van der Waals surface area contributed by atoms with E-state index in [0.29, 0.717) is 25.7 Å². The number of primary amides is 1. The predicted molar refractivity (Wildman–Crippen MR) is 48.4 cm³/mol. The molecular weight excluding hydrogens is 192 g/mol. The van der Waals surface area contributed by atoms with Crippen molar-refractivity contribution in [3.05, 3.63) is 0 Å². The quantitative estimate of drug-likeness (QED) is 0.525. The van der Waals surface area contributed by atoms with Crippen LogP contribution in [0.25, 0.3) is 0 Å². The van der Waals surface area contributed by atoms with Crippen molar-refractivity contribution in [1.29, 1.82) is 0 Å². The van der Waals surface area contributed by atoms with Crippen LogP contribution in [0, 0.1) is 5.92 Å². The molecule has 1 saturated carbocycles. The maximum atomic E-state index is 10.8. The molecular formula is C7H14N2O3S. The van der Waals surface area contributed by atoms with Gasteiger partial charge in [-0.3, -0.25) is 4.79 Å². The maximum Gasteiger partial charge on any atom is 0.220 e. The third-order valence-corrected chi connectivity index (χ3v) is 2.99. The van der Waals surface area contributed by atoms with Crippen molar-refractivity contribution in [2.45, 2.75) is 31.7 Å². The van der Waals surface area contributed by atoms with Crippen LogP contribution in [0.3, 0.4) is 0 Å². The zero-order valence-electron chi connectivity index (χ0n) is 7.23. The van der Waals surface area contributed by atoms with E-state index < -0.39 is 10.9 Å². The van der Waals surface area contributed by atoms with Crippen LogP contribution in [-0.4, -0.2) is 20.4 Å². The van der Waals surface area contributed by atoms with Crippen molar-refractivity contribution >= 4 is 16.8 Å². The Kier molecular flexibility index (Phi) is 3.68. The van der Waals surface area contributed by atoms with Crippen molar-refractivity contribution in [3.8, 4) is 0 Å². The molecule has 0 bridgehead atoms. The summed E-state index contributed by atoms with van der Waals surface area (Å²) in [7, 11) is -2.52. The summed E-state index contributed by atoms with van der Waals surface area (Å²) in [6.07, 6.45) is 2.79. The van der Waals surface area contributed by atoms with Crippen LogP contribution in [-0.2, 0) is 15.7 Å². The normalized spacial score (nSPS) is 29.0. The number of nitrogens with two attached hydrogens (primary N) is 1. The number of carbonyl (C=O) groups is 1. The number of carbonyl (C=O) groups excluding carboxylic acids is 1. The molecule has 1 aliphatic carbocycles. The number of hydrogen-bond acceptors (Lipinski definition) is 3. The summed E-state index contributed by atoms with van der Waals surface area (Å²) in [5.41, 5.74) is 5.14. The smallest absolute Gasteiger partial charge is 0.220 e. The second kappa shape index (κ2) is 4.57. The molecule has 0 atom stereocenters. The number of thiol groups is 1. The summed E-state index contributed by atoms with van der Waals surface area (Å²) >= 11 is 0. The average molecular weight is 206 g/mol. The summed E-state index contributed by atoms with van der Waals surface area (Å²) in [5, 5.41) is 0. The topological polar surface area (TPSA) is 89.3 Å². The average Bonchev–Trinajstić information content (AvgIpc) is 2.04. The molecule has 0 heterocycles. The van der Waals surface area contributed by atoms with Gasteiger partial charge in [-0.25, -0.2) is 13.1 Å². The molecule has 1 amide bonds. The molecule has 0 spiro atoms. The molecule has 1 rings (SSSR count). The molecule has 6 heteroatoms. The molecule has 1 fully saturated rings. The maximum absolute atomic E-state index is 10.8. The van der Waals surface area contributed by atoms with Crippen LogP contribution in [0.5, 0.6) is 0 Å². The summed E-state index contributed by atoms with van der Waals surface area (Å²) in [4.78, 5) is 10.8. The van der Waals surface area contributed by atoms with Crippen molar-refractivity contribution in [1.82, 2.24) is 4.72 Å². The van der Waals surface area contributed by atoms with Gasteiger partial charge in [0.25, 0.3) is 0 Å². The Labute approximate surface area is 78.8 Å². The van der Waals surface area contributed by atoms with E-state index in [1.165, 1.54) is 0 Å². The summed E-state index contributed by atoms with van der Waals surface area (Å²) < 4.78 is 23.1. The molecule has 0 unspecified atom stereocenters. The largest absolute Gasteiger partial charge is 0.369 e. The fourth-order valence-corrected chi connectivity index (χ4v) is 2.21. The van der Waals surface area contributed by atoms with E-state index >= 15 is 0 Å². The molecule has 0 aromatic carbocycles. The molecule has 0 saturated heterocycles. The van der Waals surface area contributed by atoms with Gasteiger partial charge in [-0.1, -0.05) is 0 Å². The van der Waals surface area contributed by atoms with E-state index in [1.54, 1.807) is 0 Å². The first-order valence-electron chi connectivity index (χ1n) is 4.29. The standard InChI is InChI=1S/C7H14N2O3S/c8-7(10)5-1-3-6(4-2-5)9-13(11)12/h5-6,13H,1-4H2,(H2,8,10)(H,9,11,12)/t5-,6-. The first-order valence-corrected chi connectivity index (χ1v) is 5.47. The van der Waals surface area contributed by atoms with Gasteiger partial charge in [0.2, 0.25) is 16.8 Å².